The van der Waals surface area contributed by atoms with Crippen LogP contribution in [0.3, 0.4) is 0 Å². The first-order valence-electron chi connectivity index (χ1n) is 7.13. The molecule has 21 heavy (non-hydrogen) atoms. The maximum Gasteiger partial charge on any atom is 0.309 e. The molecule has 0 bridgehead atoms. The Morgan fingerprint density at radius 1 is 1.10 bits per heavy atom. The normalized spacial score (nSPS) is 19.9. The number of methoxy groups -OCH3 is 1. The molecule has 3 nitrogen and oxygen atoms in total. The summed E-state index contributed by atoms with van der Waals surface area (Å²) in [5.74, 6) is 0.921. The van der Waals surface area contributed by atoms with Crippen LogP contribution in [0.25, 0.3) is 0 Å². The van der Waals surface area contributed by atoms with E-state index in [9.17, 15) is 4.79 Å². The molecule has 1 fully saturated rings. The van der Waals surface area contributed by atoms with Gasteiger partial charge in [0, 0.05) is 5.92 Å². The highest BCUT2D eigenvalue weighted by Crippen LogP contribution is 2.50. The third-order valence-electron chi connectivity index (χ3n) is 3.86. The first-order chi connectivity index (χ1) is 10.3. The zero-order valence-electron chi connectivity index (χ0n) is 12.0. The summed E-state index contributed by atoms with van der Waals surface area (Å²) in [5.41, 5.74) is 2.11. The van der Waals surface area contributed by atoms with Gasteiger partial charge in [0.05, 0.1) is 13.0 Å². The van der Waals surface area contributed by atoms with Crippen molar-refractivity contribution in [2.45, 2.75) is 18.9 Å². The van der Waals surface area contributed by atoms with E-state index in [1.807, 2.05) is 54.6 Å². The van der Waals surface area contributed by atoms with Crippen LogP contribution in [-0.4, -0.2) is 13.1 Å². The van der Waals surface area contributed by atoms with E-state index in [-0.39, 0.29) is 17.8 Å². The number of benzene rings is 2. The molecule has 2 atom stereocenters. The van der Waals surface area contributed by atoms with Crippen molar-refractivity contribution in [2.24, 2.45) is 5.92 Å². The van der Waals surface area contributed by atoms with Crippen molar-refractivity contribution in [3.05, 3.63) is 65.7 Å². The highest BCUT2D eigenvalue weighted by Gasteiger charge is 2.46. The summed E-state index contributed by atoms with van der Waals surface area (Å²) in [5, 5.41) is 0. The summed E-state index contributed by atoms with van der Waals surface area (Å²) in [6.45, 7) is 0.342. The third kappa shape index (κ3) is 3.07. The van der Waals surface area contributed by atoms with E-state index >= 15 is 0 Å². The van der Waals surface area contributed by atoms with Crippen LogP contribution < -0.4 is 4.74 Å². The molecule has 1 saturated carbocycles. The third-order valence-corrected chi connectivity index (χ3v) is 3.86. The Labute approximate surface area is 124 Å². The minimum absolute atomic E-state index is 0.0370. The lowest BCUT2D eigenvalue weighted by Gasteiger charge is -2.08. The fourth-order valence-electron chi connectivity index (χ4n) is 2.61. The second-order valence-electron chi connectivity index (χ2n) is 5.28. The van der Waals surface area contributed by atoms with Crippen LogP contribution in [-0.2, 0) is 16.1 Å². The van der Waals surface area contributed by atoms with E-state index in [0.29, 0.717) is 6.61 Å². The van der Waals surface area contributed by atoms with Crippen LogP contribution in [0.1, 0.15) is 23.5 Å². The van der Waals surface area contributed by atoms with Crippen molar-refractivity contribution in [1.82, 2.24) is 0 Å². The number of para-hydroxylation sites is 1. The molecule has 3 heteroatoms. The zero-order chi connectivity index (χ0) is 14.7. The molecule has 0 N–H and O–H groups in total. The Bertz CT molecular complexity index is 621. The van der Waals surface area contributed by atoms with Gasteiger partial charge in [0.2, 0.25) is 0 Å². The van der Waals surface area contributed by atoms with E-state index in [1.54, 1.807) is 7.11 Å². The fraction of sp³-hybridized carbons (Fsp3) is 0.278. The summed E-state index contributed by atoms with van der Waals surface area (Å²) < 4.78 is 10.7. The van der Waals surface area contributed by atoms with Crippen molar-refractivity contribution in [2.75, 3.05) is 7.11 Å². The van der Waals surface area contributed by atoms with Crippen LogP contribution in [0.5, 0.6) is 5.75 Å². The van der Waals surface area contributed by atoms with Gasteiger partial charge in [0.25, 0.3) is 0 Å². The Morgan fingerprint density at radius 2 is 1.81 bits per heavy atom. The lowest BCUT2D eigenvalue weighted by atomic mass is 10.1. The van der Waals surface area contributed by atoms with Crippen molar-refractivity contribution in [3.63, 3.8) is 0 Å². The predicted octanol–water partition coefficient (Wildman–Crippen LogP) is 3.54. The van der Waals surface area contributed by atoms with Crippen LogP contribution >= 0.6 is 0 Å². The second-order valence-corrected chi connectivity index (χ2v) is 5.28. The summed E-state index contributed by atoms with van der Waals surface area (Å²) in [6, 6.07) is 17.6. The van der Waals surface area contributed by atoms with E-state index in [2.05, 4.69) is 0 Å². The standard InChI is InChI=1S/C18H18O3/c1-20-17-10-6-5-9-14(17)15-11-16(15)18(19)21-12-13-7-3-2-4-8-13/h2-10,15-16H,11-12H2,1H3/t15-,16+/m0/s1. The van der Waals surface area contributed by atoms with Gasteiger partial charge in [-0.25, -0.2) is 0 Å². The van der Waals surface area contributed by atoms with E-state index in [4.69, 9.17) is 9.47 Å². The number of hydrogen-bond donors (Lipinski definition) is 0. The molecule has 0 heterocycles. The maximum atomic E-state index is 12.1. The summed E-state index contributed by atoms with van der Waals surface area (Å²) in [7, 11) is 1.66. The van der Waals surface area contributed by atoms with Crippen molar-refractivity contribution in [3.8, 4) is 5.75 Å². The van der Waals surface area contributed by atoms with Gasteiger partial charge in [-0.2, -0.15) is 0 Å². The molecule has 0 radical (unpaired) electrons. The molecule has 0 amide bonds. The fourth-order valence-corrected chi connectivity index (χ4v) is 2.61. The highest BCUT2D eigenvalue weighted by molar-refractivity contribution is 5.77. The minimum atomic E-state index is -0.116. The molecule has 2 aromatic rings. The summed E-state index contributed by atoms with van der Waals surface area (Å²) >= 11 is 0. The van der Waals surface area contributed by atoms with Gasteiger partial charge in [-0.1, -0.05) is 48.5 Å². The van der Waals surface area contributed by atoms with Crippen LogP contribution in [0.4, 0.5) is 0 Å². The average Bonchev–Trinajstić information content (AvgIpc) is 3.34. The van der Waals surface area contributed by atoms with E-state index < -0.39 is 0 Å². The molecule has 1 aliphatic rings. The maximum absolute atomic E-state index is 12.1. The largest absolute Gasteiger partial charge is 0.496 e. The minimum Gasteiger partial charge on any atom is -0.496 e. The molecule has 3 rings (SSSR count). The quantitative estimate of drug-likeness (QED) is 0.787. The monoisotopic (exact) mass is 282 g/mol. The van der Waals surface area contributed by atoms with Gasteiger partial charge >= 0.3 is 5.97 Å². The smallest absolute Gasteiger partial charge is 0.309 e. The number of carbonyl (C=O) groups excluding carboxylic acids is 1. The Balaban J connectivity index is 1.59. The Morgan fingerprint density at radius 3 is 2.57 bits per heavy atom. The van der Waals surface area contributed by atoms with E-state index in [0.717, 1.165) is 23.3 Å². The predicted molar refractivity (Wildman–Crippen MR) is 80.1 cm³/mol. The zero-order valence-corrected chi connectivity index (χ0v) is 12.0. The first-order valence-corrected chi connectivity index (χ1v) is 7.13. The number of hydrogen-bond acceptors (Lipinski definition) is 3. The molecule has 0 spiro atoms. The molecule has 0 aromatic heterocycles. The SMILES string of the molecule is COc1ccccc1[C@@H]1C[C@H]1C(=O)OCc1ccccc1. The summed E-state index contributed by atoms with van der Waals surface area (Å²) in [6.07, 6.45) is 0.841. The van der Waals surface area contributed by atoms with Gasteiger partial charge in [-0.15, -0.1) is 0 Å². The van der Waals surface area contributed by atoms with Gasteiger partial charge in [0.1, 0.15) is 12.4 Å². The molecule has 1 aliphatic carbocycles. The van der Waals surface area contributed by atoms with Crippen LogP contribution in [0.2, 0.25) is 0 Å². The topological polar surface area (TPSA) is 35.5 Å². The Kier molecular flexibility index (Phi) is 3.91. The lowest BCUT2D eigenvalue weighted by Crippen LogP contribution is -2.08. The van der Waals surface area contributed by atoms with Gasteiger partial charge in [-0.3, -0.25) is 4.79 Å². The van der Waals surface area contributed by atoms with Crippen molar-refractivity contribution in [1.29, 1.82) is 0 Å². The molecule has 0 aliphatic heterocycles. The second kappa shape index (κ2) is 6.00. The number of carbonyl (C=O) groups is 1. The molecule has 0 unspecified atom stereocenters. The average molecular weight is 282 g/mol. The van der Waals surface area contributed by atoms with Crippen LogP contribution in [0, 0.1) is 5.92 Å². The molecule has 108 valence electrons. The first kappa shape index (κ1) is 13.7. The summed E-state index contributed by atoms with van der Waals surface area (Å²) in [4.78, 5) is 12.1. The van der Waals surface area contributed by atoms with E-state index in [1.165, 1.54) is 0 Å². The molecular weight excluding hydrogens is 264 g/mol. The lowest BCUT2D eigenvalue weighted by molar-refractivity contribution is -0.146. The van der Waals surface area contributed by atoms with Gasteiger partial charge in [0.15, 0.2) is 0 Å². The number of rotatable bonds is 5. The molecule has 0 saturated heterocycles. The van der Waals surface area contributed by atoms with Gasteiger partial charge in [-0.05, 0) is 23.6 Å². The molecular formula is C18H18O3. The highest BCUT2D eigenvalue weighted by atomic mass is 16.5. The molecule has 2 aromatic carbocycles. The number of esters is 1. The number of ether oxygens (including phenoxy) is 2. The Hall–Kier alpha value is -2.29. The van der Waals surface area contributed by atoms with Crippen molar-refractivity contribution >= 4 is 5.97 Å². The van der Waals surface area contributed by atoms with Crippen LogP contribution in [0.15, 0.2) is 54.6 Å². The van der Waals surface area contributed by atoms with Gasteiger partial charge < -0.3 is 9.47 Å². The van der Waals surface area contributed by atoms with Crippen molar-refractivity contribution < 1.29 is 14.3 Å².